The van der Waals surface area contributed by atoms with Crippen LogP contribution in [0.3, 0.4) is 0 Å². The number of amidine groups is 1. The van der Waals surface area contributed by atoms with Crippen LogP contribution in [0.1, 0.15) is 17.7 Å². The van der Waals surface area contributed by atoms with Crippen molar-refractivity contribution in [2.75, 3.05) is 25.2 Å². The molecular weight excluding hydrogens is 478 g/mol. The van der Waals surface area contributed by atoms with E-state index in [1.165, 1.54) is 23.0 Å². The summed E-state index contributed by atoms with van der Waals surface area (Å²) in [6, 6.07) is 6.99. The average molecular weight is 504 g/mol. The molecule has 0 aliphatic carbocycles. The summed E-state index contributed by atoms with van der Waals surface area (Å²) < 4.78 is 24.6. The number of hydrogen-bond donors (Lipinski definition) is 2. The molecule has 0 bridgehead atoms. The topological polar surface area (TPSA) is 133 Å². The predicted molar refractivity (Wildman–Crippen MR) is 134 cm³/mol. The lowest BCUT2D eigenvalue weighted by Crippen LogP contribution is -2.24. The molecule has 4 rings (SSSR count). The van der Waals surface area contributed by atoms with Gasteiger partial charge in [-0.1, -0.05) is 6.07 Å². The number of nitrogens with two attached hydrogens (primary N) is 1. The van der Waals surface area contributed by atoms with Gasteiger partial charge < -0.3 is 24.9 Å². The van der Waals surface area contributed by atoms with Crippen LogP contribution in [-0.2, 0) is 22.6 Å². The summed E-state index contributed by atoms with van der Waals surface area (Å²) in [6.07, 6.45) is 3.23. The maximum absolute atomic E-state index is 12.9. The van der Waals surface area contributed by atoms with Gasteiger partial charge in [-0.05, 0) is 36.6 Å². The molecule has 180 valence electrons. The first-order valence-corrected chi connectivity index (χ1v) is 12.9. The second-order valence-corrected chi connectivity index (χ2v) is 10.7. The van der Waals surface area contributed by atoms with E-state index in [9.17, 15) is 13.8 Å². The summed E-state index contributed by atoms with van der Waals surface area (Å²) >= 11 is 1.39. The minimum Gasteiger partial charge on any atom is -0.493 e. The second kappa shape index (κ2) is 9.98. The van der Waals surface area contributed by atoms with Crippen molar-refractivity contribution in [1.82, 2.24) is 4.57 Å². The Morgan fingerprint density at radius 2 is 2.03 bits per heavy atom. The summed E-state index contributed by atoms with van der Waals surface area (Å²) in [5.74, 6) is 1.25. The van der Waals surface area contributed by atoms with Crippen molar-refractivity contribution in [3.8, 4) is 22.6 Å². The van der Waals surface area contributed by atoms with Crippen LogP contribution in [0.4, 0.5) is 0 Å². The molecule has 1 saturated heterocycles. The number of carboxylic acids is 1. The van der Waals surface area contributed by atoms with E-state index in [0.29, 0.717) is 39.1 Å². The van der Waals surface area contributed by atoms with Crippen LogP contribution in [0.15, 0.2) is 40.2 Å². The molecule has 3 N–H and O–H groups in total. The Labute approximate surface area is 202 Å². The first-order chi connectivity index (χ1) is 16.3. The Morgan fingerprint density at radius 3 is 2.71 bits per heavy atom. The Morgan fingerprint density at radius 1 is 1.29 bits per heavy atom. The van der Waals surface area contributed by atoms with Crippen molar-refractivity contribution < 1.29 is 23.6 Å². The summed E-state index contributed by atoms with van der Waals surface area (Å²) in [7, 11) is 2.39. The normalized spacial score (nSPS) is 18.7. The third-order valence-electron chi connectivity index (χ3n) is 5.61. The highest BCUT2D eigenvalue weighted by molar-refractivity contribution is 7.85. The van der Waals surface area contributed by atoms with Crippen molar-refractivity contribution in [2.45, 2.75) is 18.9 Å². The van der Waals surface area contributed by atoms with Gasteiger partial charge in [0.05, 0.1) is 23.4 Å². The number of aliphatic carboxylic acids is 1. The fourth-order valence-electron chi connectivity index (χ4n) is 3.85. The fourth-order valence-corrected chi connectivity index (χ4v) is 6.21. The number of aryl methyl sites for hydroxylation is 1. The number of pyridine rings is 1. The number of carboxylic acid groups (broad SMARTS) is 1. The Balaban J connectivity index is 1.75. The zero-order valence-corrected chi connectivity index (χ0v) is 20.4. The molecule has 2 aromatic heterocycles. The van der Waals surface area contributed by atoms with E-state index in [0.717, 1.165) is 28.7 Å². The van der Waals surface area contributed by atoms with E-state index < -0.39 is 23.4 Å². The number of ether oxygens (including phenoxy) is 2. The predicted octanol–water partition coefficient (Wildman–Crippen LogP) is 2.36. The maximum atomic E-state index is 12.9. The van der Waals surface area contributed by atoms with Crippen molar-refractivity contribution in [3.63, 3.8) is 0 Å². The number of fused-ring (bicyclic) bond motifs is 1. The third-order valence-corrected chi connectivity index (χ3v) is 8.18. The summed E-state index contributed by atoms with van der Waals surface area (Å²) in [6.45, 7) is -0.483. The Bertz CT molecular complexity index is 1350. The number of aliphatic imine (C=N–C) groups is 1. The van der Waals surface area contributed by atoms with Crippen LogP contribution in [0, 0.1) is 0 Å². The largest absolute Gasteiger partial charge is 0.493 e. The van der Waals surface area contributed by atoms with E-state index in [4.69, 9.17) is 20.3 Å². The zero-order valence-electron chi connectivity index (χ0n) is 18.8. The molecular formula is C23H25N3O6S2. The van der Waals surface area contributed by atoms with Crippen molar-refractivity contribution in [3.05, 3.63) is 45.7 Å². The molecule has 9 nitrogen and oxygen atoms in total. The van der Waals surface area contributed by atoms with Crippen LogP contribution in [0.2, 0.25) is 0 Å². The number of carbonyl (C=O) groups is 1. The molecule has 0 amide bonds. The highest BCUT2D eigenvalue weighted by Gasteiger charge is 2.20. The second-order valence-electron chi connectivity index (χ2n) is 7.95. The van der Waals surface area contributed by atoms with Gasteiger partial charge in [0.2, 0.25) is 0 Å². The lowest BCUT2D eigenvalue weighted by Gasteiger charge is -2.17. The number of benzene rings is 1. The molecule has 1 aliphatic rings. The lowest BCUT2D eigenvalue weighted by molar-refractivity contribution is -0.139. The van der Waals surface area contributed by atoms with Crippen molar-refractivity contribution >= 4 is 44.0 Å². The van der Waals surface area contributed by atoms with Gasteiger partial charge in [0.25, 0.3) is 5.56 Å². The van der Waals surface area contributed by atoms with E-state index in [1.54, 1.807) is 37.5 Å². The summed E-state index contributed by atoms with van der Waals surface area (Å²) in [5, 5.41) is 9.41. The number of aromatic nitrogens is 1. The zero-order chi connectivity index (χ0) is 24.4. The van der Waals surface area contributed by atoms with Gasteiger partial charge in [-0.3, -0.25) is 14.0 Å². The molecule has 3 aromatic rings. The first-order valence-electron chi connectivity index (χ1n) is 10.6. The molecule has 0 saturated carbocycles. The van der Waals surface area contributed by atoms with E-state index in [1.807, 2.05) is 0 Å². The van der Waals surface area contributed by atoms with E-state index in [-0.39, 0.29) is 11.6 Å². The number of hydrogen-bond acceptors (Lipinski definition) is 7. The quantitative estimate of drug-likeness (QED) is 0.373. The summed E-state index contributed by atoms with van der Waals surface area (Å²) in [5.41, 5.74) is 7.75. The molecule has 0 radical (unpaired) electrons. The number of thiophene rings is 1. The van der Waals surface area contributed by atoms with Gasteiger partial charge in [-0.15, -0.1) is 11.3 Å². The monoisotopic (exact) mass is 503 g/mol. The highest BCUT2D eigenvalue weighted by Crippen LogP contribution is 2.37. The van der Waals surface area contributed by atoms with Gasteiger partial charge in [0.15, 0.2) is 18.1 Å². The smallest absolute Gasteiger partial charge is 0.341 e. The molecule has 1 aromatic carbocycles. The SMILES string of the molecule is COc1cc(-c2cn(C)c(=O)c3cc(C(N)=NC4CCS(=O)CC4)sc23)ccc1OCC(=O)O. The van der Waals surface area contributed by atoms with Crippen LogP contribution in [0.5, 0.6) is 11.5 Å². The maximum Gasteiger partial charge on any atom is 0.341 e. The van der Waals surface area contributed by atoms with Crippen LogP contribution in [-0.4, -0.2) is 57.0 Å². The van der Waals surface area contributed by atoms with Crippen LogP contribution in [0.25, 0.3) is 21.2 Å². The Kier molecular flexibility index (Phi) is 7.03. The van der Waals surface area contributed by atoms with Gasteiger partial charge in [0.1, 0.15) is 5.84 Å². The molecule has 1 aliphatic heterocycles. The van der Waals surface area contributed by atoms with Crippen LogP contribution >= 0.6 is 11.3 Å². The van der Waals surface area contributed by atoms with Crippen molar-refractivity contribution in [2.24, 2.45) is 17.8 Å². The van der Waals surface area contributed by atoms with Gasteiger partial charge in [-0.25, -0.2) is 4.79 Å². The molecule has 0 spiro atoms. The first kappa shape index (κ1) is 24.0. The van der Waals surface area contributed by atoms with Gasteiger partial charge in [0, 0.05) is 45.8 Å². The number of nitrogens with zero attached hydrogens (tertiary/aromatic N) is 2. The number of rotatable bonds is 7. The third kappa shape index (κ3) is 5.00. The summed E-state index contributed by atoms with van der Waals surface area (Å²) in [4.78, 5) is 29.0. The standard InChI is InChI=1S/C23H25N3O6S2/c1-26-11-16(13-3-4-17(18(9-13)31-2)32-12-20(27)28)21-15(23(26)29)10-19(33-21)22(24)25-14-5-7-34(30)8-6-14/h3-4,9-11,14H,5-8,12H2,1-2H3,(H2,24,25)(H,27,28). The van der Waals surface area contributed by atoms with E-state index in [2.05, 4.69) is 4.99 Å². The molecule has 34 heavy (non-hydrogen) atoms. The minimum absolute atomic E-state index is 0.0350. The van der Waals surface area contributed by atoms with Gasteiger partial charge in [-0.2, -0.15) is 0 Å². The average Bonchev–Trinajstić information content (AvgIpc) is 3.27. The molecule has 0 unspecified atom stereocenters. The molecule has 11 heteroatoms. The van der Waals surface area contributed by atoms with Crippen molar-refractivity contribution in [1.29, 1.82) is 0 Å². The fraction of sp³-hybridized carbons (Fsp3) is 0.348. The van der Waals surface area contributed by atoms with Crippen LogP contribution < -0.4 is 20.8 Å². The number of methoxy groups -OCH3 is 1. The minimum atomic E-state index is -1.09. The molecule has 0 atom stereocenters. The van der Waals surface area contributed by atoms with Gasteiger partial charge >= 0.3 is 5.97 Å². The highest BCUT2D eigenvalue weighted by atomic mass is 32.2. The Hall–Kier alpha value is -3.18. The lowest BCUT2D eigenvalue weighted by atomic mass is 10.1. The molecule has 3 heterocycles. The molecule has 1 fully saturated rings. The van der Waals surface area contributed by atoms with E-state index >= 15 is 0 Å².